The van der Waals surface area contributed by atoms with Crippen molar-refractivity contribution in [2.45, 2.75) is 36.6 Å². The minimum atomic E-state index is -3.72. The molecule has 1 saturated heterocycles. The molecule has 1 unspecified atom stereocenters. The largest absolute Gasteiger partial charge is 0.496 e. The second kappa shape index (κ2) is 6.70. The van der Waals surface area contributed by atoms with Gasteiger partial charge in [-0.05, 0) is 48.9 Å². The van der Waals surface area contributed by atoms with Gasteiger partial charge >= 0.3 is 5.97 Å². The average molecular weight is 354 g/mol. The minimum absolute atomic E-state index is 0.0571. The number of nitrogens with one attached hydrogen (secondary N) is 1. The van der Waals surface area contributed by atoms with Crippen LogP contribution in [-0.2, 0) is 27.7 Å². The van der Waals surface area contributed by atoms with E-state index >= 15 is 0 Å². The predicted molar refractivity (Wildman–Crippen MR) is 87.8 cm³/mol. The van der Waals surface area contributed by atoms with E-state index in [4.69, 9.17) is 9.84 Å². The Labute approximate surface area is 141 Å². The first-order chi connectivity index (χ1) is 11.4. The van der Waals surface area contributed by atoms with Gasteiger partial charge < -0.3 is 15.2 Å². The normalized spacial score (nSPS) is 22.0. The highest BCUT2D eigenvalue weighted by Crippen LogP contribution is 2.35. The minimum Gasteiger partial charge on any atom is -0.496 e. The van der Waals surface area contributed by atoms with E-state index < -0.39 is 22.0 Å². The zero-order chi connectivity index (χ0) is 17.3. The molecule has 0 aromatic heterocycles. The first-order valence-electron chi connectivity index (χ1n) is 8.10. The molecule has 2 aliphatic rings. The van der Waals surface area contributed by atoms with Crippen LogP contribution in [0.4, 0.5) is 0 Å². The highest BCUT2D eigenvalue weighted by molar-refractivity contribution is 7.89. The molecule has 1 aliphatic carbocycles. The maximum absolute atomic E-state index is 13.1. The number of ether oxygens (including phenoxy) is 1. The molecule has 0 radical (unpaired) electrons. The standard InChI is InChI=1S/C16H22N2O5S/c1-23-14-6-7-15(12-5-3-2-4-11(12)14)24(21,22)18-9-8-17-13(10-18)16(19)20/h6-7,13,17H,2-5,8-10H2,1H3,(H,19,20). The van der Waals surface area contributed by atoms with Crippen LogP contribution in [0.1, 0.15) is 24.0 Å². The molecule has 0 spiro atoms. The number of piperazine rings is 1. The van der Waals surface area contributed by atoms with Crippen LogP contribution in [0.3, 0.4) is 0 Å². The van der Waals surface area contributed by atoms with Crippen molar-refractivity contribution in [3.63, 3.8) is 0 Å². The van der Waals surface area contributed by atoms with Gasteiger partial charge in [0.15, 0.2) is 0 Å². The Morgan fingerprint density at radius 3 is 2.67 bits per heavy atom. The Morgan fingerprint density at radius 1 is 1.29 bits per heavy atom. The van der Waals surface area contributed by atoms with E-state index in [9.17, 15) is 13.2 Å². The molecular weight excluding hydrogens is 332 g/mol. The molecule has 1 aliphatic heterocycles. The highest BCUT2D eigenvalue weighted by atomic mass is 32.2. The Balaban J connectivity index is 1.99. The number of carbonyl (C=O) groups is 1. The van der Waals surface area contributed by atoms with E-state index in [1.165, 1.54) is 4.31 Å². The van der Waals surface area contributed by atoms with Gasteiger partial charge in [-0.2, -0.15) is 4.31 Å². The van der Waals surface area contributed by atoms with Crippen LogP contribution >= 0.6 is 0 Å². The van der Waals surface area contributed by atoms with Crippen LogP contribution in [0.15, 0.2) is 17.0 Å². The van der Waals surface area contributed by atoms with Crippen molar-refractivity contribution in [3.05, 3.63) is 23.3 Å². The SMILES string of the molecule is COc1ccc(S(=O)(=O)N2CCNC(C(=O)O)C2)c2c1CCCC2. The maximum Gasteiger partial charge on any atom is 0.322 e. The van der Waals surface area contributed by atoms with E-state index in [0.29, 0.717) is 17.9 Å². The molecule has 1 heterocycles. The summed E-state index contributed by atoms with van der Waals surface area (Å²) in [6.45, 7) is 0.542. The summed E-state index contributed by atoms with van der Waals surface area (Å²) in [5.74, 6) is -0.306. The Bertz CT molecular complexity index is 747. The first-order valence-corrected chi connectivity index (χ1v) is 9.54. The number of sulfonamides is 1. The van der Waals surface area contributed by atoms with Gasteiger partial charge in [0.05, 0.1) is 12.0 Å². The number of benzene rings is 1. The lowest BCUT2D eigenvalue weighted by molar-refractivity contribution is -0.140. The molecule has 1 fully saturated rings. The van der Waals surface area contributed by atoms with Gasteiger partial charge in [0.2, 0.25) is 10.0 Å². The Hall–Kier alpha value is -1.64. The smallest absolute Gasteiger partial charge is 0.322 e. The fourth-order valence-electron chi connectivity index (χ4n) is 3.48. The molecular formula is C16H22N2O5S. The molecule has 2 N–H and O–H groups in total. The molecule has 132 valence electrons. The first kappa shape index (κ1) is 17.2. The number of carboxylic acids is 1. The lowest BCUT2D eigenvalue weighted by Crippen LogP contribution is -2.55. The summed E-state index contributed by atoms with van der Waals surface area (Å²) >= 11 is 0. The van der Waals surface area contributed by atoms with Crippen LogP contribution in [0.25, 0.3) is 0 Å². The third-order valence-corrected chi connectivity index (χ3v) is 6.67. The maximum atomic E-state index is 13.1. The molecule has 0 saturated carbocycles. The number of rotatable bonds is 4. The van der Waals surface area contributed by atoms with Crippen molar-refractivity contribution in [1.29, 1.82) is 0 Å². The molecule has 1 atom stereocenters. The number of methoxy groups -OCH3 is 1. The molecule has 7 nitrogen and oxygen atoms in total. The molecule has 8 heteroatoms. The van der Waals surface area contributed by atoms with Gasteiger partial charge in [0, 0.05) is 19.6 Å². The topological polar surface area (TPSA) is 95.9 Å². The summed E-state index contributed by atoms with van der Waals surface area (Å²) in [6, 6.07) is 2.42. The van der Waals surface area contributed by atoms with Crippen molar-refractivity contribution in [2.75, 3.05) is 26.7 Å². The fourth-order valence-corrected chi connectivity index (χ4v) is 5.21. The average Bonchev–Trinajstić information content (AvgIpc) is 2.60. The quantitative estimate of drug-likeness (QED) is 0.823. The number of fused-ring (bicyclic) bond motifs is 1. The van der Waals surface area contributed by atoms with E-state index in [-0.39, 0.29) is 13.1 Å². The van der Waals surface area contributed by atoms with Crippen LogP contribution in [-0.4, -0.2) is 56.6 Å². The second-order valence-corrected chi connectivity index (χ2v) is 8.04. The lowest BCUT2D eigenvalue weighted by Gasteiger charge is -2.32. The van der Waals surface area contributed by atoms with Gasteiger partial charge in [0.1, 0.15) is 11.8 Å². The molecule has 3 rings (SSSR count). The van der Waals surface area contributed by atoms with E-state index in [2.05, 4.69) is 5.32 Å². The second-order valence-electron chi connectivity index (χ2n) is 6.14. The van der Waals surface area contributed by atoms with Crippen LogP contribution < -0.4 is 10.1 Å². The van der Waals surface area contributed by atoms with Gasteiger partial charge in [-0.3, -0.25) is 4.79 Å². The fraction of sp³-hybridized carbons (Fsp3) is 0.562. The third-order valence-electron chi connectivity index (χ3n) is 4.72. The number of carboxylic acid groups (broad SMARTS) is 1. The van der Waals surface area contributed by atoms with Crippen molar-refractivity contribution in [2.24, 2.45) is 0 Å². The zero-order valence-corrected chi connectivity index (χ0v) is 14.4. The molecule has 1 aromatic carbocycles. The summed E-state index contributed by atoms with van der Waals surface area (Å²) < 4.78 is 32.8. The van der Waals surface area contributed by atoms with Crippen LogP contribution in [0, 0.1) is 0 Å². The lowest BCUT2D eigenvalue weighted by atomic mass is 9.91. The molecule has 0 amide bonds. The van der Waals surface area contributed by atoms with Crippen LogP contribution in [0.2, 0.25) is 0 Å². The van der Waals surface area contributed by atoms with Gasteiger partial charge in [-0.25, -0.2) is 8.42 Å². The number of nitrogens with zero attached hydrogens (tertiary/aromatic N) is 1. The molecule has 1 aromatic rings. The number of hydrogen-bond acceptors (Lipinski definition) is 5. The monoisotopic (exact) mass is 354 g/mol. The van der Waals surface area contributed by atoms with Crippen molar-refractivity contribution in [3.8, 4) is 5.75 Å². The van der Waals surface area contributed by atoms with Gasteiger partial charge in [0.25, 0.3) is 0 Å². The van der Waals surface area contributed by atoms with Crippen molar-refractivity contribution in [1.82, 2.24) is 9.62 Å². The zero-order valence-electron chi connectivity index (χ0n) is 13.6. The Kier molecular flexibility index (Phi) is 4.80. The predicted octanol–water partition coefficient (Wildman–Crippen LogP) is 0.621. The number of hydrogen-bond donors (Lipinski definition) is 2. The van der Waals surface area contributed by atoms with E-state index in [1.807, 2.05) is 0 Å². The third kappa shape index (κ3) is 3.01. The van der Waals surface area contributed by atoms with E-state index in [1.54, 1.807) is 19.2 Å². The highest BCUT2D eigenvalue weighted by Gasteiger charge is 2.35. The van der Waals surface area contributed by atoms with E-state index in [0.717, 1.165) is 36.1 Å². The van der Waals surface area contributed by atoms with Crippen molar-refractivity contribution >= 4 is 16.0 Å². The molecule has 24 heavy (non-hydrogen) atoms. The Morgan fingerprint density at radius 2 is 2.00 bits per heavy atom. The van der Waals surface area contributed by atoms with Crippen LogP contribution in [0.5, 0.6) is 5.75 Å². The summed E-state index contributed by atoms with van der Waals surface area (Å²) in [4.78, 5) is 11.5. The summed E-state index contributed by atoms with van der Waals surface area (Å²) in [5, 5.41) is 12.0. The summed E-state index contributed by atoms with van der Waals surface area (Å²) in [7, 11) is -2.13. The van der Waals surface area contributed by atoms with Gasteiger partial charge in [-0.15, -0.1) is 0 Å². The van der Waals surface area contributed by atoms with Gasteiger partial charge in [-0.1, -0.05) is 0 Å². The van der Waals surface area contributed by atoms with Crippen molar-refractivity contribution < 1.29 is 23.1 Å². The summed E-state index contributed by atoms with van der Waals surface area (Å²) in [6.07, 6.45) is 3.47. The number of aliphatic carboxylic acids is 1. The summed E-state index contributed by atoms with van der Waals surface area (Å²) in [5.41, 5.74) is 1.79. The molecule has 0 bridgehead atoms.